The van der Waals surface area contributed by atoms with Gasteiger partial charge in [-0.25, -0.2) is 0 Å². The fourth-order valence-corrected chi connectivity index (χ4v) is 2.86. The average molecular weight is 372 g/mol. The van der Waals surface area contributed by atoms with Gasteiger partial charge in [0.1, 0.15) is 0 Å². The molecule has 1 fully saturated rings. The van der Waals surface area contributed by atoms with E-state index in [4.69, 9.17) is 0 Å². The Kier molecular flexibility index (Phi) is 5.21. The SMILES string of the molecule is CC(NC(C)c1ccc(I)cc1)C(=O)N1CCCC1. The fourth-order valence-electron chi connectivity index (χ4n) is 2.51. The molecule has 1 aromatic carbocycles. The summed E-state index contributed by atoms with van der Waals surface area (Å²) < 4.78 is 1.23. The molecule has 1 aliphatic heterocycles. The smallest absolute Gasteiger partial charge is 0.239 e. The van der Waals surface area contributed by atoms with E-state index in [2.05, 4.69) is 59.1 Å². The van der Waals surface area contributed by atoms with Gasteiger partial charge in [0.05, 0.1) is 6.04 Å². The maximum atomic E-state index is 12.2. The normalized spacial score (nSPS) is 18.4. The van der Waals surface area contributed by atoms with Crippen LogP contribution in [0, 0.1) is 3.57 Å². The highest BCUT2D eigenvalue weighted by Crippen LogP contribution is 2.16. The summed E-state index contributed by atoms with van der Waals surface area (Å²) in [6, 6.07) is 8.51. The molecule has 19 heavy (non-hydrogen) atoms. The Bertz CT molecular complexity index is 426. The van der Waals surface area contributed by atoms with E-state index in [0.29, 0.717) is 0 Å². The van der Waals surface area contributed by atoms with Crippen LogP contribution in [0.15, 0.2) is 24.3 Å². The molecule has 2 rings (SSSR count). The summed E-state index contributed by atoms with van der Waals surface area (Å²) in [5.41, 5.74) is 1.22. The number of carbonyl (C=O) groups excluding carboxylic acids is 1. The van der Waals surface area contributed by atoms with Crippen molar-refractivity contribution in [1.82, 2.24) is 10.2 Å². The molecule has 1 heterocycles. The lowest BCUT2D eigenvalue weighted by Gasteiger charge is -2.24. The zero-order chi connectivity index (χ0) is 13.8. The number of hydrogen-bond donors (Lipinski definition) is 1. The topological polar surface area (TPSA) is 32.3 Å². The number of rotatable bonds is 4. The van der Waals surface area contributed by atoms with Crippen molar-refractivity contribution >= 4 is 28.5 Å². The van der Waals surface area contributed by atoms with E-state index in [1.807, 2.05) is 11.8 Å². The number of benzene rings is 1. The Morgan fingerprint density at radius 1 is 1.21 bits per heavy atom. The highest BCUT2D eigenvalue weighted by atomic mass is 127. The highest BCUT2D eigenvalue weighted by molar-refractivity contribution is 14.1. The van der Waals surface area contributed by atoms with Crippen molar-refractivity contribution in [2.24, 2.45) is 0 Å². The van der Waals surface area contributed by atoms with Crippen molar-refractivity contribution in [2.45, 2.75) is 38.8 Å². The number of hydrogen-bond acceptors (Lipinski definition) is 2. The summed E-state index contributed by atoms with van der Waals surface area (Å²) in [6.45, 7) is 5.91. The minimum Gasteiger partial charge on any atom is -0.341 e. The highest BCUT2D eigenvalue weighted by Gasteiger charge is 2.24. The first-order chi connectivity index (χ1) is 9.08. The first-order valence-corrected chi connectivity index (χ1v) is 7.96. The lowest BCUT2D eigenvalue weighted by atomic mass is 10.1. The lowest BCUT2D eigenvalue weighted by Crippen LogP contribution is -2.44. The number of likely N-dealkylation sites (tertiary alicyclic amines) is 1. The van der Waals surface area contributed by atoms with Crippen molar-refractivity contribution in [3.63, 3.8) is 0 Å². The van der Waals surface area contributed by atoms with Gasteiger partial charge in [0, 0.05) is 22.7 Å². The average Bonchev–Trinajstić information content (AvgIpc) is 2.92. The van der Waals surface area contributed by atoms with E-state index in [9.17, 15) is 4.79 Å². The second-order valence-electron chi connectivity index (χ2n) is 5.19. The molecule has 1 saturated heterocycles. The molecule has 0 aromatic heterocycles. The molecule has 2 unspecified atom stereocenters. The molecule has 0 bridgehead atoms. The number of nitrogens with zero attached hydrogens (tertiary/aromatic N) is 1. The van der Waals surface area contributed by atoms with Crippen LogP contribution in [-0.4, -0.2) is 29.9 Å². The monoisotopic (exact) mass is 372 g/mol. The minimum absolute atomic E-state index is 0.118. The third kappa shape index (κ3) is 3.92. The summed E-state index contributed by atoms with van der Waals surface area (Å²) in [6.07, 6.45) is 2.29. The third-order valence-corrected chi connectivity index (χ3v) is 4.38. The number of nitrogens with one attached hydrogen (secondary N) is 1. The molecule has 1 N–H and O–H groups in total. The molecule has 104 valence electrons. The van der Waals surface area contributed by atoms with Crippen molar-refractivity contribution in [3.8, 4) is 0 Å². The van der Waals surface area contributed by atoms with Gasteiger partial charge in [0.25, 0.3) is 0 Å². The maximum Gasteiger partial charge on any atom is 0.239 e. The third-order valence-electron chi connectivity index (χ3n) is 3.66. The largest absolute Gasteiger partial charge is 0.341 e. The molecule has 2 atom stereocenters. The van der Waals surface area contributed by atoms with E-state index in [1.54, 1.807) is 0 Å². The number of amides is 1. The van der Waals surface area contributed by atoms with Gasteiger partial charge in [-0.05, 0) is 67.0 Å². The molecule has 4 heteroatoms. The standard InChI is InChI=1S/C15H21IN2O/c1-11(13-5-7-14(16)8-6-13)17-12(2)15(19)18-9-3-4-10-18/h5-8,11-12,17H,3-4,9-10H2,1-2H3. The maximum absolute atomic E-state index is 12.2. The predicted molar refractivity (Wildman–Crippen MR) is 86.0 cm³/mol. The van der Waals surface area contributed by atoms with Crippen molar-refractivity contribution in [1.29, 1.82) is 0 Å². The lowest BCUT2D eigenvalue weighted by molar-refractivity contribution is -0.132. The van der Waals surface area contributed by atoms with Gasteiger partial charge in [-0.2, -0.15) is 0 Å². The van der Waals surface area contributed by atoms with Crippen LogP contribution in [0.2, 0.25) is 0 Å². The molecule has 0 aliphatic carbocycles. The second kappa shape index (κ2) is 6.70. The number of halogens is 1. The van der Waals surface area contributed by atoms with Gasteiger partial charge in [0.15, 0.2) is 0 Å². The quantitative estimate of drug-likeness (QED) is 0.825. The molecule has 0 spiro atoms. The Labute approximate surface area is 128 Å². The van der Waals surface area contributed by atoms with E-state index < -0.39 is 0 Å². The minimum atomic E-state index is -0.118. The summed E-state index contributed by atoms with van der Waals surface area (Å²) in [5, 5.41) is 3.40. The zero-order valence-electron chi connectivity index (χ0n) is 11.5. The van der Waals surface area contributed by atoms with Gasteiger partial charge in [-0.15, -0.1) is 0 Å². The predicted octanol–water partition coefficient (Wildman–Crippen LogP) is 2.95. The van der Waals surface area contributed by atoms with E-state index in [-0.39, 0.29) is 18.0 Å². The van der Waals surface area contributed by atoms with E-state index >= 15 is 0 Å². The Morgan fingerprint density at radius 2 is 1.79 bits per heavy atom. The van der Waals surface area contributed by atoms with Gasteiger partial charge >= 0.3 is 0 Å². The van der Waals surface area contributed by atoms with E-state index in [0.717, 1.165) is 25.9 Å². The molecular weight excluding hydrogens is 351 g/mol. The second-order valence-corrected chi connectivity index (χ2v) is 6.44. The molecule has 1 aromatic rings. The first-order valence-electron chi connectivity index (χ1n) is 6.88. The number of carbonyl (C=O) groups is 1. The van der Waals surface area contributed by atoms with Crippen LogP contribution < -0.4 is 5.32 Å². The van der Waals surface area contributed by atoms with Crippen LogP contribution in [0.4, 0.5) is 0 Å². The van der Waals surface area contributed by atoms with Crippen LogP contribution in [0.25, 0.3) is 0 Å². The summed E-state index contributed by atoms with van der Waals surface area (Å²) in [7, 11) is 0. The Hall–Kier alpha value is -0.620. The summed E-state index contributed by atoms with van der Waals surface area (Å²) in [4.78, 5) is 14.2. The molecular formula is C15H21IN2O. The molecule has 0 radical (unpaired) electrons. The van der Waals surface area contributed by atoms with Crippen LogP contribution in [0.1, 0.15) is 38.3 Å². The van der Waals surface area contributed by atoms with Gasteiger partial charge in [-0.1, -0.05) is 12.1 Å². The van der Waals surface area contributed by atoms with Crippen LogP contribution >= 0.6 is 22.6 Å². The van der Waals surface area contributed by atoms with Crippen LogP contribution in [-0.2, 0) is 4.79 Å². The molecule has 1 aliphatic rings. The van der Waals surface area contributed by atoms with Crippen LogP contribution in [0.5, 0.6) is 0 Å². The molecule has 1 amide bonds. The van der Waals surface area contributed by atoms with E-state index in [1.165, 1.54) is 9.13 Å². The van der Waals surface area contributed by atoms with Crippen molar-refractivity contribution < 1.29 is 4.79 Å². The molecule has 3 nitrogen and oxygen atoms in total. The zero-order valence-corrected chi connectivity index (χ0v) is 13.7. The Morgan fingerprint density at radius 3 is 2.37 bits per heavy atom. The summed E-state index contributed by atoms with van der Waals surface area (Å²) in [5.74, 6) is 0.231. The van der Waals surface area contributed by atoms with Crippen molar-refractivity contribution in [2.75, 3.05) is 13.1 Å². The van der Waals surface area contributed by atoms with Gasteiger partial charge < -0.3 is 4.90 Å². The van der Waals surface area contributed by atoms with Gasteiger partial charge in [-0.3, -0.25) is 10.1 Å². The summed E-state index contributed by atoms with van der Waals surface area (Å²) >= 11 is 2.30. The Balaban J connectivity index is 1.92. The first kappa shape index (κ1) is 14.8. The fraction of sp³-hybridized carbons (Fsp3) is 0.533. The van der Waals surface area contributed by atoms with Gasteiger partial charge in [0.2, 0.25) is 5.91 Å². The van der Waals surface area contributed by atoms with Crippen LogP contribution in [0.3, 0.4) is 0 Å². The van der Waals surface area contributed by atoms with Crippen molar-refractivity contribution in [3.05, 3.63) is 33.4 Å². The molecule has 0 saturated carbocycles.